The average molecular weight is 460 g/mol. The molecule has 2 N–H and O–H groups in total. The Morgan fingerprint density at radius 2 is 1.63 bits per heavy atom. The number of nitrogens with one attached hydrogen (secondary N) is 2. The molecule has 0 saturated carbocycles. The molecule has 1 unspecified atom stereocenters. The zero-order valence-corrected chi connectivity index (χ0v) is 18.4. The molecule has 0 spiro atoms. The first-order valence-corrected chi connectivity index (χ1v) is 10.1. The van der Waals surface area contributed by atoms with Gasteiger partial charge in [-0.1, -0.05) is 41.7 Å². The molecule has 0 fully saturated rings. The fourth-order valence-electron chi connectivity index (χ4n) is 2.05. The highest BCUT2D eigenvalue weighted by molar-refractivity contribution is 7.18. The molecule has 0 radical (unpaired) electrons. The van der Waals surface area contributed by atoms with Crippen LogP contribution in [0, 0.1) is 6.92 Å². The first kappa shape index (κ1) is 23.8. The monoisotopic (exact) mass is 458 g/mol. The Morgan fingerprint density at radius 3 is 2.11 bits per heavy atom. The van der Waals surface area contributed by atoms with E-state index in [9.17, 15) is 14.4 Å². The van der Waals surface area contributed by atoms with Crippen LogP contribution in [0.2, 0.25) is 0 Å². The van der Waals surface area contributed by atoms with Gasteiger partial charge in [0.15, 0.2) is 0 Å². The largest absolute Gasteiger partial charge is 0.462 e. The van der Waals surface area contributed by atoms with Crippen molar-refractivity contribution in [2.45, 2.75) is 44.1 Å². The van der Waals surface area contributed by atoms with Crippen molar-refractivity contribution in [2.75, 3.05) is 18.5 Å². The molecule has 0 aliphatic carbocycles. The minimum Gasteiger partial charge on any atom is -0.462 e. The molecule has 11 heteroatoms. The minimum atomic E-state index is -1.92. The highest BCUT2D eigenvalue weighted by Gasteiger charge is 2.36. The average Bonchev–Trinajstić information content (AvgIpc) is 2.90. The highest BCUT2D eigenvalue weighted by Crippen LogP contribution is 2.38. The third-order valence-corrected chi connectivity index (χ3v) is 5.17. The SMILES string of the molecule is CCOC(=O)c1sc(NC(NC(=O)CC)C(Cl)(Cl)Cl)c(C(=O)OCC)c1C. The Balaban J connectivity index is 3.37. The van der Waals surface area contributed by atoms with Gasteiger partial charge >= 0.3 is 11.9 Å². The molecule has 1 aromatic rings. The molecule has 1 rings (SSSR count). The third kappa shape index (κ3) is 6.41. The van der Waals surface area contributed by atoms with Gasteiger partial charge in [0.25, 0.3) is 0 Å². The van der Waals surface area contributed by atoms with Gasteiger partial charge in [-0.25, -0.2) is 9.59 Å². The summed E-state index contributed by atoms with van der Waals surface area (Å²) in [7, 11) is 0. The molecule has 152 valence electrons. The number of esters is 2. The number of amides is 1. The van der Waals surface area contributed by atoms with Crippen molar-refractivity contribution in [2.24, 2.45) is 0 Å². The molecule has 0 aliphatic rings. The number of anilines is 1. The minimum absolute atomic E-state index is 0.120. The van der Waals surface area contributed by atoms with E-state index in [4.69, 9.17) is 44.3 Å². The van der Waals surface area contributed by atoms with Crippen molar-refractivity contribution < 1.29 is 23.9 Å². The molecule has 1 heterocycles. The van der Waals surface area contributed by atoms with Crippen molar-refractivity contribution in [3.05, 3.63) is 16.0 Å². The van der Waals surface area contributed by atoms with Gasteiger partial charge in [0.2, 0.25) is 9.70 Å². The van der Waals surface area contributed by atoms with Crippen molar-refractivity contribution in [3.63, 3.8) is 0 Å². The Morgan fingerprint density at radius 1 is 1.07 bits per heavy atom. The van der Waals surface area contributed by atoms with Gasteiger partial charge in [0, 0.05) is 6.42 Å². The Labute approximate surface area is 176 Å². The second kappa shape index (κ2) is 10.4. The smallest absolute Gasteiger partial charge is 0.348 e. The number of rotatable bonds is 8. The second-order valence-corrected chi connectivity index (χ2v) is 8.63. The van der Waals surface area contributed by atoms with Gasteiger partial charge < -0.3 is 20.1 Å². The second-order valence-electron chi connectivity index (χ2n) is 5.24. The lowest BCUT2D eigenvalue weighted by atomic mass is 10.1. The molecular formula is C16H21Cl3N2O5S. The van der Waals surface area contributed by atoms with Gasteiger partial charge in [0.1, 0.15) is 16.0 Å². The van der Waals surface area contributed by atoms with Crippen LogP contribution in [0.15, 0.2) is 0 Å². The molecule has 1 atom stereocenters. The zero-order valence-electron chi connectivity index (χ0n) is 15.3. The zero-order chi connectivity index (χ0) is 20.8. The molecule has 0 aliphatic heterocycles. The van der Waals surface area contributed by atoms with Gasteiger partial charge in [-0.05, 0) is 26.3 Å². The van der Waals surface area contributed by atoms with E-state index in [1.165, 1.54) is 0 Å². The number of carbonyl (C=O) groups is 3. The summed E-state index contributed by atoms with van der Waals surface area (Å²) < 4.78 is 8.16. The number of halogens is 3. The van der Waals surface area contributed by atoms with Gasteiger partial charge in [-0.3, -0.25) is 4.79 Å². The lowest BCUT2D eigenvalue weighted by molar-refractivity contribution is -0.121. The molecule has 0 bridgehead atoms. The van der Waals surface area contributed by atoms with Crippen molar-refractivity contribution in [1.29, 1.82) is 0 Å². The standard InChI is InChI=1S/C16H21Cl3N2O5S/c1-5-9(22)20-15(16(17,18)19)21-12-10(13(23)25-6-2)8(4)11(27-12)14(24)26-7-3/h15,21H,5-7H2,1-4H3,(H,20,22). The van der Waals surface area contributed by atoms with Crippen LogP contribution in [0.3, 0.4) is 0 Å². The molecular weight excluding hydrogens is 439 g/mol. The van der Waals surface area contributed by atoms with E-state index in [0.717, 1.165) is 11.3 Å². The van der Waals surface area contributed by atoms with Crippen molar-refractivity contribution in [3.8, 4) is 0 Å². The van der Waals surface area contributed by atoms with Gasteiger partial charge in [-0.2, -0.15) is 0 Å². The van der Waals surface area contributed by atoms with E-state index in [2.05, 4.69) is 10.6 Å². The maximum Gasteiger partial charge on any atom is 0.348 e. The summed E-state index contributed by atoms with van der Waals surface area (Å²) in [5, 5.41) is 5.59. The number of thiophene rings is 1. The van der Waals surface area contributed by atoms with Crippen LogP contribution in [-0.2, 0) is 14.3 Å². The van der Waals surface area contributed by atoms with E-state index >= 15 is 0 Å². The summed E-state index contributed by atoms with van der Waals surface area (Å²) in [6, 6.07) is 0. The van der Waals surface area contributed by atoms with Crippen LogP contribution in [0.5, 0.6) is 0 Å². The normalized spacial score (nSPS) is 12.3. The number of hydrogen-bond acceptors (Lipinski definition) is 7. The molecule has 0 saturated heterocycles. The molecule has 7 nitrogen and oxygen atoms in total. The third-order valence-electron chi connectivity index (χ3n) is 3.32. The quantitative estimate of drug-likeness (QED) is 0.346. The molecule has 1 amide bonds. The molecule has 1 aromatic heterocycles. The summed E-state index contributed by atoms with van der Waals surface area (Å²) in [5.74, 6) is -1.59. The summed E-state index contributed by atoms with van der Waals surface area (Å²) in [4.78, 5) is 36.5. The molecule has 0 aromatic carbocycles. The summed E-state index contributed by atoms with van der Waals surface area (Å²) >= 11 is 18.8. The fraction of sp³-hybridized carbons (Fsp3) is 0.562. The lowest BCUT2D eigenvalue weighted by Crippen LogP contribution is -2.49. The number of ether oxygens (including phenoxy) is 2. The lowest BCUT2D eigenvalue weighted by Gasteiger charge is -2.27. The predicted octanol–water partition coefficient (Wildman–Crippen LogP) is 4.04. The maximum atomic E-state index is 12.4. The summed E-state index contributed by atoms with van der Waals surface area (Å²) in [6.07, 6.45) is -0.975. The van der Waals surface area contributed by atoms with E-state index in [-0.39, 0.29) is 41.0 Å². The highest BCUT2D eigenvalue weighted by atomic mass is 35.6. The van der Waals surface area contributed by atoms with Crippen molar-refractivity contribution in [1.82, 2.24) is 5.32 Å². The topological polar surface area (TPSA) is 93.7 Å². The Bertz CT molecular complexity index is 703. The van der Waals surface area contributed by atoms with Crippen LogP contribution in [-0.4, -0.2) is 41.0 Å². The molecule has 27 heavy (non-hydrogen) atoms. The number of carbonyl (C=O) groups excluding carboxylic acids is 3. The fourth-order valence-corrected chi connectivity index (χ4v) is 3.49. The van der Waals surface area contributed by atoms with Crippen LogP contribution in [0.4, 0.5) is 5.00 Å². The summed E-state index contributed by atoms with van der Waals surface area (Å²) in [6.45, 7) is 6.88. The maximum absolute atomic E-state index is 12.4. The van der Waals surface area contributed by atoms with Crippen LogP contribution >= 0.6 is 46.1 Å². The Hall–Kier alpha value is -1.22. The Kier molecular flexibility index (Phi) is 9.14. The van der Waals surface area contributed by atoms with Gasteiger partial charge in [-0.15, -0.1) is 11.3 Å². The van der Waals surface area contributed by atoms with E-state index < -0.39 is 21.9 Å². The van der Waals surface area contributed by atoms with Crippen LogP contribution in [0.1, 0.15) is 52.8 Å². The van der Waals surface area contributed by atoms with Crippen LogP contribution in [0.25, 0.3) is 0 Å². The van der Waals surface area contributed by atoms with E-state index in [1.807, 2.05) is 0 Å². The first-order valence-electron chi connectivity index (χ1n) is 8.16. The summed E-state index contributed by atoms with van der Waals surface area (Å²) in [5.41, 5.74) is 0.499. The number of hydrogen-bond donors (Lipinski definition) is 2. The first-order chi connectivity index (χ1) is 12.6. The van der Waals surface area contributed by atoms with Crippen LogP contribution < -0.4 is 10.6 Å². The number of alkyl halides is 3. The predicted molar refractivity (Wildman–Crippen MR) is 107 cm³/mol. The van der Waals surface area contributed by atoms with Crippen molar-refractivity contribution >= 4 is 69.0 Å². The van der Waals surface area contributed by atoms with Gasteiger partial charge in [0.05, 0.1) is 18.8 Å². The van der Waals surface area contributed by atoms with E-state index in [0.29, 0.717) is 5.56 Å². The van der Waals surface area contributed by atoms with E-state index in [1.54, 1.807) is 27.7 Å².